The van der Waals surface area contributed by atoms with E-state index in [-0.39, 0.29) is 11.2 Å². The van der Waals surface area contributed by atoms with Crippen LogP contribution in [-0.2, 0) is 7.05 Å². The molecule has 0 unspecified atom stereocenters. The summed E-state index contributed by atoms with van der Waals surface area (Å²) < 4.78 is 2.56. The molecule has 4 heteroatoms. The van der Waals surface area contributed by atoms with Crippen LogP contribution in [0, 0.1) is 6.92 Å². The van der Waals surface area contributed by atoms with Crippen molar-refractivity contribution in [3.05, 3.63) is 62.9 Å². The molecule has 2 aromatic rings. The molecule has 0 spiro atoms. The smallest absolute Gasteiger partial charge is 0.269 e. The summed E-state index contributed by atoms with van der Waals surface area (Å²) in [6.45, 7) is 1.92. The van der Waals surface area contributed by atoms with Gasteiger partial charge in [0.15, 0.2) is 0 Å². The predicted molar refractivity (Wildman–Crippen MR) is 62.0 cm³/mol. The Balaban J connectivity index is 2.77. The van der Waals surface area contributed by atoms with E-state index in [2.05, 4.69) is 0 Å². The lowest BCUT2D eigenvalue weighted by molar-refractivity contribution is 0.727. The molecule has 1 aromatic heterocycles. The van der Waals surface area contributed by atoms with E-state index in [4.69, 9.17) is 0 Å². The lowest BCUT2D eigenvalue weighted by atomic mass is 10.2. The lowest BCUT2D eigenvalue weighted by Crippen LogP contribution is -2.36. The largest absolute Gasteiger partial charge is 0.335 e. The lowest BCUT2D eigenvalue weighted by Gasteiger charge is -2.09. The maximum absolute atomic E-state index is 11.9. The van der Waals surface area contributed by atoms with Crippen molar-refractivity contribution in [2.24, 2.45) is 7.05 Å². The zero-order valence-corrected chi connectivity index (χ0v) is 9.18. The van der Waals surface area contributed by atoms with Gasteiger partial charge in [-0.05, 0) is 18.6 Å². The summed E-state index contributed by atoms with van der Waals surface area (Å²) in [5.41, 5.74) is 1.16. The molecule has 0 saturated carbocycles. The van der Waals surface area contributed by atoms with E-state index in [1.165, 1.54) is 23.9 Å². The van der Waals surface area contributed by atoms with Crippen molar-refractivity contribution in [3.63, 3.8) is 0 Å². The zero-order chi connectivity index (χ0) is 11.7. The van der Waals surface area contributed by atoms with Crippen molar-refractivity contribution >= 4 is 0 Å². The molecule has 0 amide bonds. The van der Waals surface area contributed by atoms with Crippen LogP contribution in [0.3, 0.4) is 0 Å². The van der Waals surface area contributed by atoms with Crippen LogP contribution in [0.5, 0.6) is 0 Å². The number of hydrogen-bond donors (Lipinski definition) is 0. The molecule has 0 atom stereocenters. The van der Waals surface area contributed by atoms with Crippen molar-refractivity contribution in [1.29, 1.82) is 0 Å². The summed E-state index contributed by atoms with van der Waals surface area (Å²) in [6, 6.07) is 8.92. The Bertz CT molecular complexity index is 638. The topological polar surface area (TPSA) is 44.0 Å². The number of hydrogen-bond acceptors (Lipinski definition) is 2. The van der Waals surface area contributed by atoms with Gasteiger partial charge < -0.3 is 0 Å². The molecule has 0 saturated heterocycles. The highest BCUT2D eigenvalue weighted by molar-refractivity contribution is 5.39. The second-order valence-electron chi connectivity index (χ2n) is 3.65. The van der Waals surface area contributed by atoms with Crippen LogP contribution in [0.15, 0.2) is 46.1 Å². The third-order valence-corrected chi connectivity index (χ3v) is 2.56. The molecule has 0 aliphatic carbocycles. The normalized spacial score (nSPS) is 10.4. The molecule has 0 aliphatic heterocycles. The monoisotopic (exact) mass is 216 g/mol. The number of benzene rings is 1. The van der Waals surface area contributed by atoms with E-state index in [0.717, 1.165) is 15.8 Å². The number of aryl methyl sites for hydroxylation is 1. The highest BCUT2D eigenvalue weighted by atomic mass is 16.2. The molecule has 0 radical (unpaired) electrons. The molecule has 2 rings (SSSR count). The first-order chi connectivity index (χ1) is 7.61. The molecule has 1 heterocycles. The first-order valence-electron chi connectivity index (χ1n) is 4.96. The van der Waals surface area contributed by atoms with Crippen molar-refractivity contribution < 1.29 is 0 Å². The Morgan fingerprint density at radius 2 is 1.75 bits per heavy atom. The molecular weight excluding hydrogens is 204 g/mol. The molecule has 16 heavy (non-hydrogen) atoms. The van der Waals surface area contributed by atoms with Crippen LogP contribution >= 0.6 is 0 Å². The third-order valence-electron chi connectivity index (χ3n) is 2.56. The Morgan fingerprint density at radius 3 is 2.44 bits per heavy atom. The van der Waals surface area contributed by atoms with E-state index < -0.39 is 0 Å². The van der Waals surface area contributed by atoms with Crippen LogP contribution in [0.2, 0.25) is 0 Å². The highest BCUT2D eigenvalue weighted by Gasteiger charge is 2.04. The second-order valence-corrected chi connectivity index (χ2v) is 3.65. The van der Waals surface area contributed by atoms with Crippen LogP contribution in [0.25, 0.3) is 5.69 Å². The van der Waals surface area contributed by atoms with Gasteiger partial charge in [-0.1, -0.05) is 18.2 Å². The van der Waals surface area contributed by atoms with Gasteiger partial charge in [0, 0.05) is 19.3 Å². The van der Waals surface area contributed by atoms with E-state index in [0.29, 0.717) is 0 Å². The number of rotatable bonds is 1. The SMILES string of the molecule is Cc1ccccc1-n1ccc(=O)n(C)c1=O. The van der Waals surface area contributed by atoms with Crippen molar-refractivity contribution in [1.82, 2.24) is 9.13 Å². The summed E-state index contributed by atoms with van der Waals surface area (Å²) >= 11 is 0. The Hall–Kier alpha value is -2.10. The van der Waals surface area contributed by atoms with Crippen LogP contribution in [-0.4, -0.2) is 9.13 Å². The summed E-state index contributed by atoms with van der Waals surface area (Å²) in [6.07, 6.45) is 1.51. The fourth-order valence-electron chi connectivity index (χ4n) is 1.59. The molecule has 4 nitrogen and oxygen atoms in total. The first kappa shape index (κ1) is 10.4. The maximum atomic E-state index is 11.9. The summed E-state index contributed by atoms with van der Waals surface area (Å²) in [5.74, 6) is 0. The van der Waals surface area contributed by atoms with Crippen LogP contribution < -0.4 is 11.2 Å². The van der Waals surface area contributed by atoms with Crippen molar-refractivity contribution in [3.8, 4) is 5.69 Å². The van der Waals surface area contributed by atoms with Crippen molar-refractivity contribution in [2.45, 2.75) is 6.92 Å². The van der Waals surface area contributed by atoms with Gasteiger partial charge in [-0.3, -0.25) is 13.9 Å². The minimum Gasteiger partial charge on any atom is -0.269 e. The quantitative estimate of drug-likeness (QED) is 0.709. The minimum absolute atomic E-state index is 0.296. The first-order valence-corrected chi connectivity index (χ1v) is 4.96. The average molecular weight is 216 g/mol. The molecule has 0 N–H and O–H groups in total. The van der Waals surface area contributed by atoms with Gasteiger partial charge >= 0.3 is 5.69 Å². The van der Waals surface area contributed by atoms with E-state index in [9.17, 15) is 9.59 Å². The fourth-order valence-corrected chi connectivity index (χ4v) is 1.59. The molecule has 0 bridgehead atoms. The molecule has 0 fully saturated rings. The summed E-state index contributed by atoms with van der Waals surface area (Å²) in [7, 11) is 1.47. The van der Waals surface area contributed by atoms with Gasteiger partial charge in [-0.15, -0.1) is 0 Å². The second kappa shape index (κ2) is 3.81. The van der Waals surface area contributed by atoms with Gasteiger partial charge in [-0.25, -0.2) is 4.79 Å². The standard InChI is InChI=1S/C12H12N2O2/c1-9-5-3-4-6-10(9)14-8-7-11(15)13(2)12(14)16/h3-8H,1-2H3. The Morgan fingerprint density at radius 1 is 1.06 bits per heavy atom. The molecule has 1 aromatic carbocycles. The minimum atomic E-state index is -0.332. The van der Waals surface area contributed by atoms with Crippen LogP contribution in [0.1, 0.15) is 5.56 Å². The summed E-state index contributed by atoms with van der Waals surface area (Å²) in [4.78, 5) is 23.1. The van der Waals surface area contributed by atoms with E-state index in [1.807, 2.05) is 31.2 Å². The molecular formula is C12H12N2O2. The van der Waals surface area contributed by atoms with Gasteiger partial charge in [0.05, 0.1) is 5.69 Å². The van der Waals surface area contributed by atoms with Gasteiger partial charge in [0.25, 0.3) is 5.56 Å². The summed E-state index contributed by atoms with van der Waals surface area (Å²) in [5, 5.41) is 0. The third kappa shape index (κ3) is 1.58. The van der Waals surface area contributed by atoms with Gasteiger partial charge in [0.2, 0.25) is 0 Å². The molecule has 0 aliphatic rings. The average Bonchev–Trinajstić information content (AvgIpc) is 2.28. The molecule has 82 valence electrons. The number of aromatic nitrogens is 2. The van der Waals surface area contributed by atoms with Gasteiger partial charge in [0.1, 0.15) is 0 Å². The number of nitrogens with zero attached hydrogens (tertiary/aromatic N) is 2. The zero-order valence-electron chi connectivity index (χ0n) is 9.18. The van der Waals surface area contributed by atoms with E-state index >= 15 is 0 Å². The fraction of sp³-hybridized carbons (Fsp3) is 0.167. The highest BCUT2D eigenvalue weighted by Crippen LogP contribution is 2.09. The van der Waals surface area contributed by atoms with Gasteiger partial charge in [-0.2, -0.15) is 0 Å². The Kier molecular flexibility index (Phi) is 2.48. The van der Waals surface area contributed by atoms with Crippen molar-refractivity contribution in [2.75, 3.05) is 0 Å². The maximum Gasteiger partial charge on any atom is 0.335 e. The number of para-hydroxylation sites is 1. The van der Waals surface area contributed by atoms with E-state index in [1.54, 1.807) is 0 Å². The Labute approximate surface area is 92.4 Å². The van der Waals surface area contributed by atoms with Crippen LogP contribution in [0.4, 0.5) is 0 Å². The predicted octanol–water partition coefficient (Wildman–Crippen LogP) is 0.845.